The first kappa shape index (κ1) is 15.2. The number of rotatable bonds is 4. The van der Waals surface area contributed by atoms with E-state index < -0.39 is 0 Å². The molecular weight excluding hydrogens is 266 g/mol. The van der Waals surface area contributed by atoms with E-state index in [1.165, 1.54) is 0 Å². The molecule has 1 aromatic rings. The Bertz CT molecular complexity index is 543. The highest BCUT2D eigenvalue weighted by atomic mass is 16.5. The van der Waals surface area contributed by atoms with Gasteiger partial charge < -0.3 is 19.9 Å². The Morgan fingerprint density at radius 3 is 2.71 bits per heavy atom. The number of carbonyl (C=O) groups is 1. The number of terminal acetylenes is 1. The average Bonchev–Trinajstić information content (AvgIpc) is 2.52. The highest BCUT2D eigenvalue weighted by molar-refractivity contribution is 5.95. The number of anilines is 1. The lowest BCUT2D eigenvalue weighted by molar-refractivity contribution is 0.0664. The number of benzene rings is 1. The van der Waals surface area contributed by atoms with Gasteiger partial charge in [-0.3, -0.25) is 4.79 Å². The number of ether oxygens (including phenoxy) is 1. The molecule has 1 N–H and O–H groups in total. The number of carbonyl (C=O) groups excluding carboxylic acids is 1. The predicted octanol–water partition coefficient (Wildman–Crippen LogP) is 1.13. The lowest BCUT2D eigenvalue weighted by Gasteiger charge is -2.32. The van der Waals surface area contributed by atoms with Gasteiger partial charge in [0.15, 0.2) is 0 Å². The minimum atomic E-state index is 0.0462. The molecule has 5 nitrogen and oxygen atoms in total. The van der Waals surface area contributed by atoms with Crippen molar-refractivity contribution >= 4 is 11.6 Å². The largest absolute Gasteiger partial charge is 0.495 e. The first-order valence-electron chi connectivity index (χ1n) is 6.99. The van der Waals surface area contributed by atoms with Gasteiger partial charge >= 0.3 is 0 Å². The Morgan fingerprint density at radius 2 is 2.10 bits per heavy atom. The molecule has 0 bridgehead atoms. The molecule has 0 radical (unpaired) electrons. The number of hydrogen-bond donors (Lipinski definition) is 1. The maximum atomic E-state index is 12.5. The van der Waals surface area contributed by atoms with Gasteiger partial charge in [0.25, 0.3) is 5.91 Å². The van der Waals surface area contributed by atoms with E-state index in [1.54, 1.807) is 13.2 Å². The van der Waals surface area contributed by atoms with Crippen LogP contribution in [0.4, 0.5) is 5.69 Å². The number of nitrogens with zero attached hydrogens (tertiary/aromatic N) is 2. The van der Waals surface area contributed by atoms with Crippen molar-refractivity contribution in [2.24, 2.45) is 0 Å². The SMILES string of the molecule is C#CCNc1ccc(C(=O)N2CCN(C)CC2)cc1OC. The van der Waals surface area contributed by atoms with Crippen LogP contribution in [0.15, 0.2) is 18.2 Å². The smallest absolute Gasteiger partial charge is 0.254 e. The highest BCUT2D eigenvalue weighted by Crippen LogP contribution is 2.26. The Balaban J connectivity index is 2.12. The molecule has 1 aromatic carbocycles. The van der Waals surface area contributed by atoms with E-state index in [-0.39, 0.29) is 5.91 Å². The van der Waals surface area contributed by atoms with Crippen LogP contribution in [0.3, 0.4) is 0 Å². The summed E-state index contributed by atoms with van der Waals surface area (Å²) in [5, 5.41) is 3.07. The first-order valence-corrected chi connectivity index (χ1v) is 6.99. The van der Waals surface area contributed by atoms with Crippen molar-refractivity contribution in [2.45, 2.75) is 0 Å². The van der Waals surface area contributed by atoms with E-state index in [9.17, 15) is 4.79 Å². The number of hydrogen-bond acceptors (Lipinski definition) is 4. The van der Waals surface area contributed by atoms with Crippen LogP contribution in [-0.2, 0) is 0 Å². The Hall–Kier alpha value is -2.19. The minimum Gasteiger partial charge on any atom is -0.495 e. The quantitative estimate of drug-likeness (QED) is 0.843. The summed E-state index contributed by atoms with van der Waals surface area (Å²) in [5.41, 5.74) is 1.44. The molecule has 0 atom stereocenters. The third-order valence-electron chi connectivity index (χ3n) is 3.62. The lowest BCUT2D eigenvalue weighted by atomic mass is 10.1. The van der Waals surface area contributed by atoms with Crippen LogP contribution in [0.25, 0.3) is 0 Å². The van der Waals surface area contributed by atoms with E-state index in [2.05, 4.69) is 23.2 Å². The van der Waals surface area contributed by atoms with Crippen LogP contribution in [0.2, 0.25) is 0 Å². The predicted molar refractivity (Wildman–Crippen MR) is 83.7 cm³/mol. The molecule has 0 aromatic heterocycles. The molecule has 1 aliphatic heterocycles. The van der Waals surface area contributed by atoms with Gasteiger partial charge in [-0.15, -0.1) is 6.42 Å². The Morgan fingerprint density at radius 1 is 1.38 bits per heavy atom. The summed E-state index contributed by atoms with van der Waals surface area (Å²) in [6, 6.07) is 5.40. The number of amides is 1. The molecule has 0 spiro atoms. The molecule has 1 amide bonds. The number of likely N-dealkylation sites (N-methyl/N-ethyl adjacent to an activating group) is 1. The van der Waals surface area contributed by atoms with E-state index in [0.717, 1.165) is 31.9 Å². The van der Waals surface area contributed by atoms with Gasteiger partial charge in [0.1, 0.15) is 5.75 Å². The number of nitrogens with one attached hydrogen (secondary N) is 1. The van der Waals surface area contributed by atoms with Crippen molar-refractivity contribution in [2.75, 3.05) is 52.2 Å². The van der Waals surface area contributed by atoms with Gasteiger partial charge in [0.05, 0.1) is 19.3 Å². The zero-order valence-corrected chi connectivity index (χ0v) is 12.6. The maximum Gasteiger partial charge on any atom is 0.254 e. The summed E-state index contributed by atoms with van der Waals surface area (Å²) in [6.45, 7) is 3.75. The molecule has 5 heteroatoms. The van der Waals surface area contributed by atoms with Crippen molar-refractivity contribution in [3.63, 3.8) is 0 Å². The molecule has 1 fully saturated rings. The summed E-state index contributed by atoms with van der Waals surface area (Å²) in [7, 11) is 3.65. The number of methoxy groups -OCH3 is 1. The van der Waals surface area contributed by atoms with Crippen LogP contribution in [-0.4, -0.2) is 62.6 Å². The standard InChI is InChI=1S/C16H21N3O2/c1-4-7-17-14-6-5-13(12-15(14)21-3)16(20)19-10-8-18(2)9-11-19/h1,5-6,12,17H,7-11H2,2-3H3. The van der Waals surface area contributed by atoms with Crippen LogP contribution in [0, 0.1) is 12.3 Å². The van der Waals surface area contributed by atoms with Gasteiger partial charge in [0, 0.05) is 31.7 Å². The Kier molecular flexibility index (Phi) is 5.07. The fourth-order valence-corrected chi connectivity index (χ4v) is 2.31. The van der Waals surface area contributed by atoms with E-state index in [0.29, 0.717) is 17.9 Å². The molecule has 0 aliphatic carbocycles. The molecule has 112 valence electrons. The molecule has 0 saturated carbocycles. The minimum absolute atomic E-state index is 0.0462. The van der Waals surface area contributed by atoms with E-state index >= 15 is 0 Å². The van der Waals surface area contributed by atoms with Gasteiger partial charge in [-0.1, -0.05) is 5.92 Å². The zero-order valence-electron chi connectivity index (χ0n) is 12.6. The highest BCUT2D eigenvalue weighted by Gasteiger charge is 2.21. The molecule has 1 heterocycles. The normalized spacial score (nSPS) is 15.4. The second-order valence-corrected chi connectivity index (χ2v) is 5.07. The summed E-state index contributed by atoms with van der Waals surface area (Å²) < 4.78 is 5.33. The van der Waals surface area contributed by atoms with Crippen molar-refractivity contribution in [1.82, 2.24) is 9.80 Å². The molecule has 1 aliphatic rings. The molecule has 21 heavy (non-hydrogen) atoms. The molecule has 2 rings (SSSR count). The van der Waals surface area contributed by atoms with Crippen molar-refractivity contribution in [3.8, 4) is 18.1 Å². The summed E-state index contributed by atoms with van der Waals surface area (Å²) >= 11 is 0. The van der Waals surface area contributed by atoms with Gasteiger partial charge in [0.2, 0.25) is 0 Å². The molecule has 1 saturated heterocycles. The van der Waals surface area contributed by atoms with E-state index in [4.69, 9.17) is 11.2 Å². The topological polar surface area (TPSA) is 44.8 Å². The second-order valence-electron chi connectivity index (χ2n) is 5.07. The summed E-state index contributed by atoms with van der Waals surface area (Å²) in [4.78, 5) is 16.6. The maximum absolute atomic E-state index is 12.5. The van der Waals surface area contributed by atoms with Gasteiger partial charge in [-0.05, 0) is 25.2 Å². The molecule has 0 unspecified atom stereocenters. The Labute approximate surface area is 125 Å². The first-order chi connectivity index (χ1) is 10.2. The number of piperazine rings is 1. The van der Waals surface area contributed by atoms with Crippen LogP contribution >= 0.6 is 0 Å². The third-order valence-corrected chi connectivity index (χ3v) is 3.62. The average molecular weight is 287 g/mol. The zero-order chi connectivity index (χ0) is 15.2. The summed E-state index contributed by atoms with van der Waals surface area (Å²) in [6.07, 6.45) is 5.24. The van der Waals surface area contributed by atoms with Crippen LogP contribution < -0.4 is 10.1 Å². The fourth-order valence-electron chi connectivity index (χ4n) is 2.31. The molecular formula is C16H21N3O2. The van der Waals surface area contributed by atoms with Gasteiger partial charge in [-0.2, -0.15) is 0 Å². The fraction of sp³-hybridized carbons (Fsp3) is 0.438. The lowest BCUT2D eigenvalue weighted by Crippen LogP contribution is -2.47. The van der Waals surface area contributed by atoms with Crippen molar-refractivity contribution in [3.05, 3.63) is 23.8 Å². The van der Waals surface area contributed by atoms with Crippen LogP contribution in [0.1, 0.15) is 10.4 Å². The second kappa shape index (κ2) is 7.00. The van der Waals surface area contributed by atoms with Gasteiger partial charge in [-0.25, -0.2) is 0 Å². The van der Waals surface area contributed by atoms with Crippen molar-refractivity contribution in [1.29, 1.82) is 0 Å². The third kappa shape index (κ3) is 3.67. The van der Waals surface area contributed by atoms with E-state index in [1.807, 2.05) is 17.0 Å². The van der Waals surface area contributed by atoms with Crippen LogP contribution in [0.5, 0.6) is 5.75 Å². The monoisotopic (exact) mass is 287 g/mol. The van der Waals surface area contributed by atoms with Crippen molar-refractivity contribution < 1.29 is 9.53 Å². The summed E-state index contributed by atoms with van der Waals surface area (Å²) in [5.74, 6) is 3.19.